The summed E-state index contributed by atoms with van der Waals surface area (Å²) in [6, 6.07) is 10.5. The van der Waals surface area contributed by atoms with Crippen LogP contribution in [0, 0.1) is 0 Å². The maximum atomic E-state index is 13.4. The average Bonchev–Trinajstić information content (AvgIpc) is 3.28. The van der Waals surface area contributed by atoms with Gasteiger partial charge in [0, 0.05) is 50.3 Å². The van der Waals surface area contributed by atoms with E-state index < -0.39 is 12.5 Å². The molecule has 0 saturated carbocycles. The second-order valence-corrected chi connectivity index (χ2v) is 9.12. The quantitative estimate of drug-likeness (QED) is 0.271. The van der Waals surface area contributed by atoms with Crippen LogP contribution in [0.5, 0.6) is 5.75 Å². The molecular weight excluding hydrogens is 506 g/mol. The number of nitrogens with one attached hydrogen (secondary N) is 2. The Morgan fingerprint density at radius 3 is 2.64 bits per heavy atom. The maximum Gasteiger partial charge on any atom is 0.387 e. The normalized spacial score (nSPS) is 11.2. The van der Waals surface area contributed by atoms with Crippen LogP contribution in [-0.2, 0) is 11.8 Å². The van der Waals surface area contributed by atoms with Gasteiger partial charge in [-0.15, -0.1) is 0 Å². The molecule has 10 nitrogen and oxygen atoms in total. The molecule has 0 aliphatic heterocycles. The summed E-state index contributed by atoms with van der Waals surface area (Å²) >= 11 is 0. The van der Waals surface area contributed by atoms with E-state index in [2.05, 4.69) is 32.3 Å². The summed E-state index contributed by atoms with van der Waals surface area (Å²) < 4.78 is 33.5. The highest BCUT2D eigenvalue weighted by Crippen LogP contribution is 2.39. The number of hydrogen-bond acceptors (Lipinski definition) is 8. The Bertz CT molecular complexity index is 1490. The van der Waals surface area contributed by atoms with Crippen LogP contribution in [0.2, 0.25) is 0 Å². The number of halogens is 2. The highest BCUT2D eigenvalue weighted by Gasteiger charge is 2.19. The number of aryl methyl sites for hydroxylation is 1. The standard InChI is InChI=1S/C27H30F2N8O2/c1-6-26(38)34-20-12-21(24(39-27(28)29)14-23(20)36(4)10-9-35(2)3)33-25-13-19(30-16-31-25)17-7-8-22-18(11-17)15-32-37(22)5/h6-8,11-16,27H,1,9-10H2,2-5H3,(H,34,38)(H,30,31,33). The molecule has 0 unspecified atom stereocenters. The summed E-state index contributed by atoms with van der Waals surface area (Å²) in [5.74, 6) is -0.203. The summed E-state index contributed by atoms with van der Waals surface area (Å²) in [4.78, 5) is 24.7. The molecule has 4 aromatic rings. The first-order valence-electron chi connectivity index (χ1n) is 12.1. The number of carbonyl (C=O) groups is 1. The Morgan fingerprint density at radius 1 is 1.13 bits per heavy atom. The monoisotopic (exact) mass is 536 g/mol. The lowest BCUT2D eigenvalue weighted by molar-refractivity contribution is -0.111. The van der Waals surface area contributed by atoms with Gasteiger partial charge in [-0.05, 0) is 38.4 Å². The molecule has 4 rings (SSSR count). The van der Waals surface area contributed by atoms with Crippen molar-refractivity contribution in [2.75, 3.05) is 49.8 Å². The Hall–Kier alpha value is -4.58. The van der Waals surface area contributed by atoms with Crippen LogP contribution in [0.15, 0.2) is 61.6 Å². The number of likely N-dealkylation sites (N-methyl/N-ethyl adjacent to an activating group) is 2. The Kier molecular flexibility index (Phi) is 8.35. The van der Waals surface area contributed by atoms with Crippen LogP contribution in [0.25, 0.3) is 22.2 Å². The van der Waals surface area contributed by atoms with E-state index >= 15 is 0 Å². The molecule has 0 fully saturated rings. The van der Waals surface area contributed by atoms with Crippen LogP contribution >= 0.6 is 0 Å². The minimum absolute atomic E-state index is 0.106. The number of fused-ring (bicyclic) bond motifs is 1. The fourth-order valence-corrected chi connectivity index (χ4v) is 3.97. The summed E-state index contributed by atoms with van der Waals surface area (Å²) in [5, 5.41) is 11.0. The zero-order valence-electron chi connectivity index (χ0n) is 22.2. The molecule has 0 radical (unpaired) electrons. The SMILES string of the molecule is C=CC(=O)Nc1cc(Nc2cc(-c3ccc4c(cnn4C)c3)ncn2)c(OC(F)F)cc1N(C)CCN(C)C. The highest BCUT2D eigenvalue weighted by atomic mass is 19.3. The molecule has 39 heavy (non-hydrogen) atoms. The maximum absolute atomic E-state index is 13.4. The number of aromatic nitrogens is 4. The van der Waals surface area contributed by atoms with Gasteiger partial charge in [0.1, 0.15) is 12.1 Å². The van der Waals surface area contributed by atoms with Crippen molar-refractivity contribution in [3.63, 3.8) is 0 Å². The lowest BCUT2D eigenvalue weighted by Gasteiger charge is -2.26. The Labute approximate surface area is 224 Å². The van der Waals surface area contributed by atoms with Gasteiger partial charge in [-0.3, -0.25) is 9.48 Å². The van der Waals surface area contributed by atoms with Crippen molar-refractivity contribution >= 4 is 39.7 Å². The highest BCUT2D eigenvalue weighted by molar-refractivity contribution is 6.02. The van der Waals surface area contributed by atoms with Crippen molar-refractivity contribution in [1.82, 2.24) is 24.6 Å². The predicted molar refractivity (Wildman–Crippen MR) is 149 cm³/mol. The predicted octanol–water partition coefficient (Wildman–Crippen LogP) is 4.50. The second-order valence-electron chi connectivity index (χ2n) is 9.12. The zero-order chi connectivity index (χ0) is 28.1. The van der Waals surface area contributed by atoms with Gasteiger partial charge < -0.3 is 25.2 Å². The van der Waals surface area contributed by atoms with E-state index in [-0.39, 0.29) is 11.4 Å². The van der Waals surface area contributed by atoms with Crippen molar-refractivity contribution in [1.29, 1.82) is 0 Å². The van der Waals surface area contributed by atoms with Gasteiger partial charge in [-0.2, -0.15) is 13.9 Å². The fourth-order valence-electron chi connectivity index (χ4n) is 3.97. The minimum atomic E-state index is -3.06. The molecule has 2 aromatic carbocycles. The molecule has 1 amide bonds. The van der Waals surface area contributed by atoms with Crippen molar-refractivity contribution in [2.24, 2.45) is 7.05 Å². The molecule has 0 atom stereocenters. The lowest BCUT2D eigenvalue weighted by Crippen LogP contribution is -2.29. The number of anilines is 4. The average molecular weight is 537 g/mol. The number of alkyl halides is 2. The van der Waals surface area contributed by atoms with Crippen LogP contribution in [0.3, 0.4) is 0 Å². The molecule has 2 N–H and O–H groups in total. The van der Waals surface area contributed by atoms with Gasteiger partial charge in [0.25, 0.3) is 0 Å². The lowest BCUT2D eigenvalue weighted by atomic mass is 10.1. The first kappa shape index (κ1) is 27.5. The zero-order valence-corrected chi connectivity index (χ0v) is 22.2. The third-order valence-corrected chi connectivity index (χ3v) is 6.02. The molecule has 0 saturated heterocycles. The van der Waals surface area contributed by atoms with E-state index in [1.54, 1.807) is 24.0 Å². The van der Waals surface area contributed by atoms with Crippen molar-refractivity contribution in [3.8, 4) is 17.0 Å². The molecular formula is C27H30F2N8O2. The van der Waals surface area contributed by atoms with E-state index in [1.165, 1.54) is 18.5 Å². The summed E-state index contributed by atoms with van der Waals surface area (Å²) in [7, 11) is 7.52. The minimum Gasteiger partial charge on any atom is -0.433 e. The van der Waals surface area contributed by atoms with Crippen LogP contribution in [0.4, 0.5) is 31.7 Å². The van der Waals surface area contributed by atoms with Gasteiger partial charge in [-0.1, -0.05) is 12.6 Å². The number of benzene rings is 2. The van der Waals surface area contributed by atoms with Gasteiger partial charge in [-0.25, -0.2) is 9.97 Å². The van der Waals surface area contributed by atoms with Crippen LogP contribution in [0.1, 0.15) is 0 Å². The van der Waals surface area contributed by atoms with Crippen molar-refractivity contribution in [3.05, 3.63) is 61.6 Å². The molecule has 0 bridgehead atoms. The van der Waals surface area contributed by atoms with Gasteiger partial charge in [0.15, 0.2) is 5.75 Å². The number of nitrogens with zero attached hydrogens (tertiary/aromatic N) is 6. The number of amides is 1. The third-order valence-electron chi connectivity index (χ3n) is 6.02. The van der Waals surface area contributed by atoms with Gasteiger partial charge in [0.05, 0.1) is 34.5 Å². The van der Waals surface area contributed by atoms with Crippen molar-refractivity contribution < 1.29 is 18.3 Å². The number of hydrogen-bond donors (Lipinski definition) is 2. The van der Waals surface area contributed by atoms with Crippen LogP contribution in [-0.4, -0.2) is 71.4 Å². The number of carbonyl (C=O) groups excluding carboxylic acids is 1. The second kappa shape index (κ2) is 11.9. The molecule has 204 valence electrons. The molecule has 0 aliphatic rings. The number of ether oxygens (including phenoxy) is 1. The largest absolute Gasteiger partial charge is 0.433 e. The molecule has 0 aliphatic carbocycles. The summed E-state index contributed by atoms with van der Waals surface area (Å²) in [6.45, 7) is 1.71. The first-order valence-corrected chi connectivity index (χ1v) is 12.1. The van der Waals surface area contributed by atoms with Gasteiger partial charge >= 0.3 is 6.61 Å². The van der Waals surface area contributed by atoms with Gasteiger partial charge in [0.2, 0.25) is 5.91 Å². The first-order chi connectivity index (χ1) is 18.6. The van der Waals surface area contributed by atoms with E-state index in [0.29, 0.717) is 36.0 Å². The molecule has 2 heterocycles. The van der Waals surface area contributed by atoms with E-state index in [4.69, 9.17) is 4.74 Å². The number of rotatable bonds is 11. The van der Waals surface area contributed by atoms with Crippen LogP contribution < -0.4 is 20.3 Å². The molecule has 2 aromatic heterocycles. The van der Waals surface area contributed by atoms with Crippen molar-refractivity contribution in [2.45, 2.75) is 6.61 Å². The van der Waals surface area contributed by atoms with E-state index in [1.807, 2.05) is 49.1 Å². The topological polar surface area (TPSA) is 100 Å². The summed E-state index contributed by atoms with van der Waals surface area (Å²) in [6.07, 6.45) is 4.28. The summed E-state index contributed by atoms with van der Waals surface area (Å²) in [5.41, 5.74) is 3.51. The Balaban J connectivity index is 1.72. The fraction of sp³-hybridized carbons (Fsp3) is 0.259. The third kappa shape index (κ3) is 6.65. The van der Waals surface area contributed by atoms with E-state index in [9.17, 15) is 13.6 Å². The smallest absolute Gasteiger partial charge is 0.387 e. The molecule has 12 heteroatoms. The molecule has 0 spiro atoms. The van der Waals surface area contributed by atoms with E-state index in [0.717, 1.165) is 22.5 Å². The Morgan fingerprint density at radius 2 is 1.92 bits per heavy atom.